The Morgan fingerprint density at radius 2 is 1.77 bits per heavy atom. The summed E-state index contributed by atoms with van der Waals surface area (Å²) in [6, 6.07) is 19.3. The first kappa shape index (κ1) is 21.1. The summed E-state index contributed by atoms with van der Waals surface area (Å²) in [7, 11) is 1.57. The van der Waals surface area contributed by atoms with Crippen molar-refractivity contribution in [3.05, 3.63) is 82.9 Å². The number of carbonyl (C=O) groups excluding carboxylic acids is 1. The van der Waals surface area contributed by atoms with Crippen LogP contribution in [-0.2, 0) is 4.79 Å². The van der Waals surface area contributed by atoms with Gasteiger partial charge < -0.3 is 14.8 Å². The van der Waals surface area contributed by atoms with Crippen LogP contribution in [0.1, 0.15) is 22.3 Å². The van der Waals surface area contributed by atoms with E-state index in [-0.39, 0.29) is 12.5 Å². The highest BCUT2D eigenvalue weighted by Gasteiger charge is 2.09. The summed E-state index contributed by atoms with van der Waals surface area (Å²) in [5, 5.41) is 2.82. The third-order valence-corrected chi connectivity index (χ3v) is 4.57. The van der Waals surface area contributed by atoms with Gasteiger partial charge in [-0.25, -0.2) is 0 Å². The minimum absolute atomic E-state index is 0.111. The molecular weight excluding hydrogens is 376 g/mol. The number of rotatable bonds is 7. The molecule has 0 atom stereocenters. The molecule has 0 saturated carbocycles. The Morgan fingerprint density at radius 3 is 2.53 bits per heavy atom. The molecule has 30 heavy (non-hydrogen) atoms. The molecule has 3 rings (SSSR count). The van der Waals surface area contributed by atoms with Crippen LogP contribution < -0.4 is 14.8 Å². The van der Waals surface area contributed by atoms with Gasteiger partial charge in [0.2, 0.25) is 0 Å². The lowest BCUT2D eigenvalue weighted by Crippen LogP contribution is -2.20. The fourth-order valence-electron chi connectivity index (χ4n) is 2.95. The summed E-state index contributed by atoms with van der Waals surface area (Å²) in [5.41, 5.74) is 5.91. The van der Waals surface area contributed by atoms with E-state index in [9.17, 15) is 4.79 Å². The molecule has 0 aromatic heterocycles. The van der Waals surface area contributed by atoms with Crippen molar-refractivity contribution in [3.8, 4) is 11.5 Å². The van der Waals surface area contributed by atoms with Gasteiger partial charge in [0.05, 0.1) is 12.8 Å². The predicted octanol–water partition coefficient (Wildman–Crippen LogP) is 5.39. The molecule has 3 aromatic rings. The third-order valence-electron chi connectivity index (χ3n) is 4.57. The van der Waals surface area contributed by atoms with Crippen molar-refractivity contribution in [2.45, 2.75) is 20.8 Å². The highest BCUT2D eigenvalue weighted by atomic mass is 16.5. The van der Waals surface area contributed by atoms with E-state index in [1.165, 1.54) is 0 Å². The Bertz CT molecular complexity index is 1070. The number of aliphatic imine (C=N–C) groups is 1. The van der Waals surface area contributed by atoms with Gasteiger partial charge in [-0.15, -0.1) is 0 Å². The van der Waals surface area contributed by atoms with Gasteiger partial charge in [-0.3, -0.25) is 9.79 Å². The maximum absolute atomic E-state index is 12.2. The van der Waals surface area contributed by atoms with Crippen molar-refractivity contribution in [1.82, 2.24) is 0 Å². The fraction of sp³-hybridized carbons (Fsp3) is 0.200. The van der Waals surface area contributed by atoms with Gasteiger partial charge in [0.1, 0.15) is 0 Å². The van der Waals surface area contributed by atoms with Crippen LogP contribution in [0.3, 0.4) is 0 Å². The van der Waals surface area contributed by atoms with Crippen LogP contribution in [0.25, 0.3) is 0 Å². The summed E-state index contributed by atoms with van der Waals surface area (Å²) >= 11 is 0. The number of nitrogens with zero attached hydrogens (tertiary/aromatic N) is 1. The minimum Gasteiger partial charge on any atom is -0.493 e. The second kappa shape index (κ2) is 9.74. The average Bonchev–Trinajstić information content (AvgIpc) is 2.73. The van der Waals surface area contributed by atoms with Gasteiger partial charge in [0.25, 0.3) is 5.91 Å². The third kappa shape index (κ3) is 5.70. The summed E-state index contributed by atoms with van der Waals surface area (Å²) in [6.45, 7) is 5.94. The number of methoxy groups -OCH3 is 1. The number of hydrogen-bond acceptors (Lipinski definition) is 4. The van der Waals surface area contributed by atoms with Gasteiger partial charge >= 0.3 is 0 Å². The standard InChI is InChI=1S/C25H26N2O3/c1-17-6-5-7-21(12-17)27-25(28)16-30-23-11-10-20(14-24(23)29-4)15-26-22-13-18(2)8-9-19(22)3/h5-15H,16H2,1-4H3,(H,27,28). The Hall–Kier alpha value is -3.60. The Morgan fingerprint density at radius 1 is 0.967 bits per heavy atom. The lowest BCUT2D eigenvalue weighted by atomic mass is 10.1. The van der Waals surface area contributed by atoms with Crippen LogP contribution in [0, 0.1) is 20.8 Å². The average molecular weight is 402 g/mol. The molecule has 0 fully saturated rings. The summed E-state index contributed by atoms with van der Waals surface area (Å²) in [5.74, 6) is 0.812. The second-order valence-electron chi connectivity index (χ2n) is 7.16. The van der Waals surface area contributed by atoms with E-state index in [4.69, 9.17) is 9.47 Å². The zero-order valence-electron chi connectivity index (χ0n) is 17.7. The Labute approximate surface area is 177 Å². The zero-order valence-corrected chi connectivity index (χ0v) is 17.7. The molecule has 0 heterocycles. The van der Waals surface area contributed by atoms with Gasteiger partial charge in [-0.2, -0.15) is 0 Å². The van der Waals surface area contributed by atoms with Crippen LogP contribution >= 0.6 is 0 Å². The Kier molecular flexibility index (Phi) is 6.86. The Balaban J connectivity index is 1.66. The lowest BCUT2D eigenvalue weighted by molar-refractivity contribution is -0.118. The molecule has 0 aliphatic rings. The van der Waals surface area contributed by atoms with E-state index in [2.05, 4.69) is 22.4 Å². The quantitative estimate of drug-likeness (QED) is 0.539. The van der Waals surface area contributed by atoms with E-state index in [0.717, 1.165) is 33.6 Å². The van der Waals surface area contributed by atoms with Crippen molar-refractivity contribution in [2.24, 2.45) is 4.99 Å². The maximum atomic E-state index is 12.2. The van der Waals surface area contributed by atoms with E-state index >= 15 is 0 Å². The fourth-order valence-corrected chi connectivity index (χ4v) is 2.95. The number of anilines is 1. The highest BCUT2D eigenvalue weighted by molar-refractivity contribution is 5.92. The smallest absolute Gasteiger partial charge is 0.262 e. The number of amides is 1. The van der Waals surface area contributed by atoms with Crippen LogP contribution in [0.15, 0.2) is 65.7 Å². The van der Waals surface area contributed by atoms with Crippen LogP contribution in [0.5, 0.6) is 11.5 Å². The van der Waals surface area contributed by atoms with Gasteiger partial charge in [-0.05, 0) is 79.4 Å². The number of aryl methyl sites for hydroxylation is 3. The van der Waals surface area contributed by atoms with Crippen molar-refractivity contribution in [3.63, 3.8) is 0 Å². The first-order valence-corrected chi connectivity index (χ1v) is 9.73. The lowest BCUT2D eigenvalue weighted by Gasteiger charge is -2.12. The molecule has 0 spiro atoms. The van der Waals surface area contributed by atoms with Crippen LogP contribution in [0.4, 0.5) is 11.4 Å². The molecule has 0 aliphatic heterocycles. The molecule has 5 nitrogen and oxygen atoms in total. The molecule has 0 aliphatic carbocycles. The first-order chi connectivity index (χ1) is 14.4. The number of carbonyl (C=O) groups is 1. The number of hydrogen-bond donors (Lipinski definition) is 1. The van der Waals surface area contributed by atoms with E-state index in [1.54, 1.807) is 19.4 Å². The molecule has 3 aromatic carbocycles. The van der Waals surface area contributed by atoms with Crippen LogP contribution in [-0.4, -0.2) is 25.8 Å². The number of benzene rings is 3. The van der Waals surface area contributed by atoms with E-state index in [0.29, 0.717) is 11.5 Å². The molecule has 0 bridgehead atoms. The molecule has 0 unspecified atom stereocenters. The molecule has 0 saturated heterocycles. The number of ether oxygens (including phenoxy) is 2. The monoisotopic (exact) mass is 402 g/mol. The van der Waals surface area contributed by atoms with Crippen LogP contribution in [0.2, 0.25) is 0 Å². The van der Waals surface area contributed by atoms with Crippen molar-refractivity contribution in [1.29, 1.82) is 0 Å². The first-order valence-electron chi connectivity index (χ1n) is 9.73. The topological polar surface area (TPSA) is 59.9 Å². The normalized spacial score (nSPS) is 10.8. The second-order valence-corrected chi connectivity index (χ2v) is 7.16. The molecule has 154 valence electrons. The number of nitrogens with one attached hydrogen (secondary N) is 1. The summed E-state index contributed by atoms with van der Waals surface area (Å²) < 4.78 is 11.1. The molecular formula is C25H26N2O3. The molecule has 1 N–H and O–H groups in total. The van der Waals surface area contributed by atoms with Crippen molar-refractivity contribution in [2.75, 3.05) is 19.0 Å². The van der Waals surface area contributed by atoms with Gasteiger partial charge in [-0.1, -0.05) is 24.3 Å². The molecule has 5 heteroatoms. The zero-order chi connectivity index (χ0) is 21.5. The maximum Gasteiger partial charge on any atom is 0.262 e. The summed E-state index contributed by atoms with van der Waals surface area (Å²) in [6.07, 6.45) is 1.79. The largest absolute Gasteiger partial charge is 0.493 e. The highest BCUT2D eigenvalue weighted by Crippen LogP contribution is 2.28. The molecule has 0 radical (unpaired) electrons. The SMILES string of the molecule is COc1cc(C=Nc2cc(C)ccc2C)ccc1OCC(=O)Nc1cccc(C)c1. The van der Waals surface area contributed by atoms with E-state index in [1.807, 2.05) is 63.2 Å². The van der Waals surface area contributed by atoms with Gasteiger partial charge in [0, 0.05) is 11.9 Å². The molecule has 1 amide bonds. The predicted molar refractivity (Wildman–Crippen MR) is 121 cm³/mol. The summed E-state index contributed by atoms with van der Waals surface area (Å²) in [4.78, 5) is 16.8. The van der Waals surface area contributed by atoms with E-state index < -0.39 is 0 Å². The van der Waals surface area contributed by atoms with Crippen molar-refractivity contribution < 1.29 is 14.3 Å². The van der Waals surface area contributed by atoms with Crippen molar-refractivity contribution >= 4 is 23.5 Å². The van der Waals surface area contributed by atoms with Gasteiger partial charge in [0.15, 0.2) is 18.1 Å². The minimum atomic E-state index is -0.233.